The van der Waals surface area contributed by atoms with Crippen molar-refractivity contribution in [1.29, 1.82) is 0 Å². The molecule has 2 aliphatic rings. The molecule has 1 aromatic carbocycles. The molecule has 0 spiro atoms. The minimum Gasteiger partial charge on any atom is -0.379 e. The van der Waals surface area contributed by atoms with E-state index in [2.05, 4.69) is 10.2 Å². The van der Waals surface area contributed by atoms with Gasteiger partial charge in [-0.2, -0.15) is 0 Å². The standard InChI is InChI=1S/C21H31N3O3/c1-3-24-19(25)15-18(20(24)17-8-5-4-7-16(17)2)21(26)22-9-6-10-23-11-13-27-14-12-23/h4-5,7-8,18,20H,3,6,9-15H2,1-2H3,(H,22,26)/t18-,20+/m1/s1. The Morgan fingerprint density at radius 2 is 2.00 bits per heavy atom. The predicted molar refractivity (Wildman–Crippen MR) is 104 cm³/mol. The molecule has 0 aromatic heterocycles. The highest BCUT2D eigenvalue weighted by Crippen LogP contribution is 2.39. The zero-order valence-electron chi connectivity index (χ0n) is 16.4. The molecule has 6 heteroatoms. The molecule has 0 unspecified atom stereocenters. The maximum Gasteiger partial charge on any atom is 0.226 e. The van der Waals surface area contributed by atoms with Crippen LogP contribution >= 0.6 is 0 Å². The maximum absolute atomic E-state index is 12.9. The molecule has 0 bridgehead atoms. The quantitative estimate of drug-likeness (QED) is 0.740. The summed E-state index contributed by atoms with van der Waals surface area (Å²) in [5, 5.41) is 3.07. The second-order valence-electron chi connectivity index (χ2n) is 7.39. The molecule has 0 aliphatic carbocycles. The average Bonchev–Trinajstić information content (AvgIpc) is 3.02. The third-order valence-electron chi connectivity index (χ3n) is 5.67. The smallest absolute Gasteiger partial charge is 0.226 e. The molecule has 148 valence electrons. The van der Waals surface area contributed by atoms with Gasteiger partial charge in [-0.15, -0.1) is 0 Å². The third kappa shape index (κ3) is 4.68. The van der Waals surface area contributed by atoms with Gasteiger partial charge in [-0.25, -0.2) is 0 Å². The molecule has 27 heavy (non-hydrogen) atoms. The molecule has 2 amide bonds. The number of hydrogen-bond acceptors (Lipinski definition) is 4. The zero-order chi connectivity index (χ0) is 19.2. The van der Waals surface area contributed by atoms with Gasteiger partial charge in [0, 0.05) is 32.6 Å². The summed E-state index contributed by atoms with van der Waals surface area (Å²) in [5.41, 5.74) is 2.21. The van der Waals surface area contributed by atoms with Crippen molar-refractivity contribution in [1.82, 2.24) is 15.1 Å². The molecule has 2 aliphatic heterocycles. The van der Waals surface area contributed by atoms with Crippen LogP contribution in [0.15, 0.2) is 24.3 Å². The molecule has 6 nitrogen and oxygen atoms in total. The first-order valence-electron chi connectivity index (χ1n) is 10.0. The Balaban J connectivity index is 1.60. The minimum absolute atomic E-state index is 0.00506. The van der Waals surface area contributed by atoms with Crippen molar-refractivity contribution < 1.29 is 14.3 Å². The van der Waals surface area contributed by atoms with Crippen molar-refractivity contribution in [3.05, 3.63) is 35.4 Å². The van der Waals surface area contributed by atoms with Gasteiger partial charge < -0.3 is 15.0 Å². The molecule has 0 saturated carbocycles. The van der Waals surface area contributed by atoms with Crippen LogP contribution in [0, 0.1) is 12.8 Å². The number of rotatable bonds is 7. The van der Waals surface area contributed by atoms with Crippen LogP contribution in [0.1, 0.15) is 36.9 Å². The van der Waals surface area contributed by atoms with Gasteiger partial charge in [0.15, 0.2) is 0 Å². The molecule has 2 fully saturated rings. The Hall–Kier alpha value is -1.92. The van der Waals surface area contributed by atoms with E-state index in [1.54, 1.807) is 0 Å². The third-order valence-corrected chi connectivity index (χ3v) is 5.67. The van der Waals surface area contributed by atoms with E-state index in [-0.39, 0.29) is 23.8 Å². The predicted octanol–water partition coefficient (Wildman–Crippen LogP) is 1.74. The van der Waals surface area contributed by atoms with Gasteiger partial charge in [0.1, 0.15) is 0 Å². The molecule has 1 aromatic rings. The van der Waals surface area contributed by atoms with Crippen LogP contribution in [0.25, 0.3) is 0 Å². The summed E-state index contributed by atoms with van der Waals surface area (Å²) in [6.07, 6.45) is 1.21. The van der Waals surface area contributed by atoms with Crippen LogP contribution in [-0.2, 0) is 14.3 Å². The minimum atomic E-state index is -0.318. The fourth-order valence-corrected chi connectivity index (χ4v) is 4.17. The highest BCUT2D eigenvalue weighted by atomic mass is 16.5. The fraction of sp³-hybridized carbons (Fsp3) is 0.619. The van der Waals surface area contributed by atoms with Crippen LogP contribution in [0.5, 0.6) is 0 Å². The van der Waals surface area contributed by atoms with E-state index in [4.69, 9.17) is 4.74 Å². The molecule has 0 radical (unpaired) electrons. The summed E-state index contributed by atoms with van der Waals surface area (Å²) in [7, 11) is 0. The lowest BCUT2D eigenvalue weighted by Crippen LogP contribution is -2.39. The second-order valence-corrected chi connectivity index (χ2v) is 7.39. The van der Waals surface area contributed by atoms with Gasteiger partial charge in [-0.3, -0.25) is 14.5 Å². The van der Waals surface area contributed by atoms with Crippen LogP contribution in [-0.4, -0.2) is 67.6 Å². The van der Waals surface area contributed by atoms with Crippen molar-refractivity contribution in [3.8, 4) is 0 Å². The SMILES string of the molecule is CCN1C(=O)C[C@@H](C(=O)NCCCN2CCOCC2)[C@@H]1c1ccccc1C. The van der Waals surface area contributed by atoms with Crippen molar-refractivity contribution in [2.24, 2.45) is 5.92 Å². The van der Waals surface area contributed by atoms with Crippen molar-refractivity contribution in [2.75, 3.05) is 45.9 Å². The largest absolute Gasteiger partial charge is 0.379 e. The van der Waals surface area contributed by atoms with E-state index in [0.717, 1.165) is 50.4 Å². The molecule has 2 atom stereocenters. The normalized spacial score (nSPS) is 23.6. The van der Waals surface area contributed by atoms with Crippen LogP contribution in [0.2, 0.25) is 0 Å². The van der Waals surface area contributed by atoms with E-state index in [1.165, 1.54) is 0 Å². The van der Waals surface area contributed by atoms with Crippen molar-refractivity contribution in [3.63, 3.8) is 0 Å². The number of carbonyl (C=O) groups excluding carboxylic acids is 2. The second kappa shape index (κ2) is 9.33. The molecule has 2 saturated heterocycles. The topological polar surface area (TPSA) is 61.9 Å². The van der Waals surface area contributed by atoms with Crippen molar-refractivity contribution >= 4 is 11.8 Å². The zero-order valence-corrected chi connectivity index (χ0v) is 16.4. The number of nitrogens with one attached hydrogen (secondary N) is 1. The Morgan fingerprint density at radius 1 is 1.26 bits per heavy atom. The van der Waals surface area contributed by atoms with E-state index in [0.29, 0.717) is 19.5 Å². The lowest BCUT2D eigenvalue weighted by molar-refractivity contribution is -0.129. The van der Waals surface area contributed by atoms with Gasteiger partial charge >= 0.3 is 0 Å². The first kappa shape index (κ1) is 19.8. The Labute approximate surface area is 161 Å². The summed E-state index contributed by atoms with van der Waals surface area (Å²) in [5.74, 6) is -0.254. The number of aryl methyl sites for hydroxylation is 1. The number of hydrogen-bond donors (Lipinski definition) is 1. The molecular formula is C21H31N3O3. The first-order chi connectivity index (χ1) is 13.1. The fourth-order valence-electron chi connectivity index (χ4n) is 4.17. The van der Waals surface area contributed by atoms with Crippen molar-refractivity contribution in [2.45, 2.75) is 32.7 Å². The Bertz CT molecular complexity index is 658. The van der Waals surface area contributed by atoms with Crippen LogP contribution < -0.4 is 5.32 Å². The molecule has 1 N–H and O–H groups in total. The summed E-state index contributed by atoms with van der Waals surface area (Å²) < 4.78 is 5.36. The Kier molecular flexibility index (Phi) is 6.85. The number of amides is 2. The van der Waals surface area contributed by atoms with E-state index < -0.39 is 0 Å². The van der Waals surface area contributed by atoms with E-state index in [9.17, 15) is 9.59 Å². The number of likely N-dealkylation sites (tertiary alicyclic amines) is 1. The van der Waals surface area contributed by atoms with Crippen LogP contribution in [0.4, 0.5) is 0 Å². The van der Waals surface area contributed by atoms with E-state index in [1.807, 2.05) is 43.0 Å². The number of nitrogens with zero attached hydrogens (tertiary/aromatic N) is 2. The lowest BCUT2D eigenvalue weighted by Gasteiger charge is -2.29. The van der Waals surface area contributed by atoms with Gasteiger partial charge in [-0.05, 0) is 37.9 Å². The van der Waals surface area contributed by atoms with Gasteiger partial charge in [0.25, 0.3) is 0 Å². The molecule has 2 heterocycles. The first-order valence-corrected chi connectivity index (χ1v) is 10.0. The van der Waals surface area contributed by atoms with E-state index >= 15 is 0 Å². The summed E-state index contributed by atoms with van der Waals surface area (Å²) in [6.45, 7) is 9.78. The number of carbonyl (C=O) groups is 2. The monoisotopic (exact) mass is 373 g/mol. The average molecular weight is 373 g/mol. The number of ether oxygens (including phenoxy) is 1. The van der Waals surface area contributed by atoms with Gasteiger partial charge in [0.05, 0.1) is 25.2 Å². The molecular weight excluding hydrogens is 342 g/mol. The van der Waals surface area contributed by atoms with Crippen LogP contribution in [0.3, 0.4) is 0 Å². The lowest BCUT2D eigenvalue weighted by atomic mass is 9.90. The van der Waals surface area contributed by atoms with Gasteiger partial charge in [-0.1, -0.05) is 24.3 Å². The van der Waals surface area contributed by atoms with Gasteiger partial charge in [0.2, 0.25) is 11.8 Å². The highest BCUT2D eigenvalue weighted by molar-refractivity contribution is 5.90. The summed E-state index contributed by atoms with van der Waals surface area (Å²) in [6, 6.07) is 7.90. The summed E-state index contributed by atoms with van der Waals surface area (Å²) >= 11 is 0. The highest BCUT2D eigenvalue weighted by Gasteiger charge is 2.44. The summed E-state index contributed by atoms with van der Waals surface area (Å²) in [4.78, 5) is 29.6. The maximum atomic E-state index is 12.9. The Morgan fingerprint density at radius 3 is 2.70 bits per heavy atom. The number of morpholine rings is 1. The molecule has 3 rings (SSSR count). The number of benzene rings is 1.